The molecule has 0 spiro atoms. The highest BCUT2D eigenvalue weighted by Gasteiger charge is 2.15. The van der Waals surface area contributed by atoms with E-state index in [0.717, 1.165) is 11.3 Å². The molecule has 6 heteroatoms. The van der Waals surface area contributed by atoms with Crippen LogP contribution in [-0.4, -0.2) is 9.91 Å². The monoisotopic (exact) mass is 254 g/mol. The first kappa shape index (κ1) is 12.5. The minimum Gasteiger partial charge on any atom is -0.340 e. The van der Waals surface area contributed by atoms with Crippen LogP contribution in [0.4, 0.5) is 17.2 Å². The van der Waals surface area contributed by atoms with Crippen LogP contribution in [0.1, 0.15) is 11.3 Å². The van der Waals surface area contributed by atoms with Crippen LogP contribution in [0, 0.1) is 28.4 Å². The predicted octanol–water partition coefficient (Wildman–Crippen LogP) is 2.91. The summed E-state index contributed by atoms with van der Waals surface area (Å²) >= 11 is 0. The lowest BCUT2D eigenvalue weighted by atomic mass is 10.2. The van der Waals surface area contributed by atoms with Gasteiger partial charge in [0.05, 0.1) is 4.92 Å². The number of nitriles is 1. The second-order valence-corrected chi connectivity index (χ2v) is 3.92. The lowest BCUT2D eigenvalue weighted by molar-refractivity contribution is -0.385. The molecule has 1 N–H and O–H groups in total. The normalized spacial score (nSPS) is 9.68. The van der Waals surface area contributed by atoms with Crippen LogP contribution in [0.25, 0.3) is 0 Å². The first-order valence-electron chi connectivity index (χ1n) is 5.49. The fraction of sp³-hybridized carbons (Fsp3) is 0.0769. The Labute approximate surface area is 109 Å². The van der Waals surface area contributed by atoms with Crippen molar-refractivity contribution in [3.05, 3.63) is 57.8 Å². The second-order valence-electron chi connectivity index (χ2n) is 3.92. The number of hydrogen-bond donors (Lipinski definition) is 1. The van der Waals surface area contributed by atoms with E-state index < -0.39 is 4.92 Å². The van der Waals surface area contributed by atoms with Crippen LogP contribution in [0.2, 0.25) is 0 Å². The smallest absolute Gasteiger partial charge is 0.305 e. The minimum absolute atomic E-state index is 0.206. The number of rotatable bonds is 3. The number of aromatic nitrogens is 1. The molecular weight excluding hydrogens is 244 g/mol. The topological polar surface area (TPSA) is 91.9 Å². The van der Waals surface area contributed by atoms with Crippen LogP contribution in [0.15, 0.2) is 36.4 Å². The molecule has 0 aliphatic carbocycles. The number of benzene rings is 1. The Morgan fingerprint density at radius 1 is 1.26 bits per heavy atom. The molecule has 0 atom stereocenters. The standard InChI is InChI=1S/C13H10N4O2/c1-9-2-4-10(5-3-9)15-13-7-6-12(17(18)19)11(8-14)16-13/h2-7H,1H3,(H,15,16). The molecule has 0 radical (unpaired) electrons. The van der Waals surface area contributed by atoms with Crippen molar-refractivity contribution in [3.8, 4) is 6.07 Å². The molecule has 0 aliphatic heterocycles. The molecule has 0 fully saturated rings. The van der Waals surface area contributed by atoms with Gasteiger partial charge in [0.15, 0.2) is 0 Å². The van der Waals surface area contributed by atoms with Gasteiger partial charge in [-0.1, -0.05) is 17.7 Å². The zero-order chi connectivity index (χ0) is 13.8. The van der Waals surface area contributed by atoms with Gasteiger partial charge in [0.2, 0.25) is 5.69 Å². The summed E-state index contributed by atoms with van der Waals surface area (Å²) in [6.45, 7) is 1.97. The maximum atomic E-state index is 10.7. The third-order valence-corrected chi connectivity index (χ3v) is 2.50. The summed E-state index contributed by atoms with van der Waals surface area (Å²) in [6.07, 6.45) is 0. The molecule has 1 aromatic carbocycles. The van der Waals surface area contributed by atoms with Crippen LogP contribution in [0.5, 0.6) is 0 Å². The Balaban J connectivity index is 2.29. The van der Waals surface area contributed by atoms with E-state index in [1.165, 1.54) is 12.1 Å². The third kappa shape index (κ3) is 2.84. The zero-order valence-electron chi connectivity index (χ0n) is 10.1. The molecule has 1 aromatic heterocycles. The van der Waals surface area contributed by atoms with E-state index in [2.05, 4.69) is 10.3 Å². The highest BCUT2D eigenvalue weighted by molar-refractivity contribution is 5.59. The lowest BCUT2D eigenvalue weighted by Crippen LogP contribution is -1.99. The molecule has 0 saturated heterocycles. The van der Waals surface area contributed by atoms with Crippen molar-refractivity contribution < 1.29 is 4.92 Å². The van der Waals surface area contributed by atoms with Crippen LogP contribution < -0.4 is 5.32 Å². The molecule has 19 heavy (non-hydrogen) atoms. The Hall–Kier alpha value is -2.94. The van der Waals surface area contributed by atoms with Gasteiger partial charge in [-0.2, -0.15) is 5.26 Å². The summed E-state index contributed by atoms with van der Waals surface area (Å²) in [5.41, 5.74) is 1.43. The summed E-state index contributed by atoms with van der Waals surface area (Å²) in [4.78, 5) is 14.0. The largest absolute Gasteiger partial charge is 0.340 e. The van der Waals surface area contributed by atoms with Gasteiger partial charge in [-0.15, -0.1) is 0 Å². The van der Waals surface area contributed by atoms with E-state index in [4.69, 9.17) is 5.26 Å². The maximum absolute atomic E-state index is 10.7. The summed E-state index contributed by atoms with van der Waals surface area (Å²) in [6, 6.07) is 12.0. The van der Waals surface area contributed by atoms with Gasteiger partial charge in [-0.25, -0.2) is 4.98 Å². The molecule has 0 aliphatic rings. The van der Waals surface area contributed by atoms with Crippen LogP contribution in [0.3, 0.4) is 0 Å². The molecule has 0 saturated carbocycles. The average molecular weight is 254 g/mol. The van der Waals surface area contributed by atoms with Gasteiger partial charge in [-0.3, -0.25) is 10.1 Å². The third-order valence-electron chi connectivity index (χ3n) is 2.50. The van der Waals surface area contributed by atoms with Crippen molar-refractivity contribution in [2.75, 3.05) is 5.32 Å². The molecule has 0 unspecified atom stereocenters. The molecule has 94 valence electrons. The van der Waals surface area contributed by atoms with Crippen LogP contribution in [-0.2, 0) is 0 Å². The first-order chi connectivity index (χ1) is 9.10. The highest BCUT2D eigenvalue weighted by Crippen LogP contribution is 2.21. The van der Waals surface area contributed by atoms with Gasteiger partial charge >= 0.3 is 5.69 Å². The quantitative estimate of drug-likeness (QED) is 0.671. The lowest BCUT2D eigenvalue weighted by Gasteiger charge is -2.06. The van der Waals surface area contributed by atoms with Crippen molar-refractivity contribution in [2.24, 2.45) is 0 Å². The van der Waals surface area contributed by atoms with Crippen LogP contribution >= 0.6 is 0 Å². The number of hydrogen-bond acceptors (Lipinski definition) is 5. The van der Waals surface area contributed by atoms with Crippen molar-refractivity contribution in [1.82, 2.24) is 4.98 Å². The number of pyridine rings is 1. The number of nitrogens with one attached hydrogen (secondary N) is 1. The highest BCUT2D eigenvalue weighted by atomic mass is 16.6. The first-order valence-corrected chi connectivity index (χ1v) is 5.49. The van der Waals surface area contributed by atoms with Crippen molar-refractivity contribution in [1.29, 1.82) is 5.26 Å². The summed E-state index contributed by atoms with van der Waals surface area (Å²) in [5.74, 6) is 0.394. The summed E-state index contributed by atoms with van der Waals surface area (Å²) in [7, 11) is 0. The van der Waals surface area contributed by atoms with Crippen molar-refractivity contribution in [3.63, 3.8) is 0 Å². The summed E-state index contributed by atoms with van der Waals surface area (Å²) in [5, 5.41) is 22.5. The molecule has 1 heterocycles. The molecule has 2 aromatic rings. The fourth-order valence-electron chi connectivity index (χ4n) is 1.54. The molecule has 0 amide bonds. The number of nitro groups is 1. The Kier molecular flexibility index (Phi) is 3.39. The van der Waals surface area contributed by atoms with Crippen molar-refractivity contribution >= 4 is 17.2 Å². The summed E-state index contributed by atoms with van der Waals surface area (Å²) < 4.78 is 0. The number of anilines is 2. The van der Waals surface area contributed by atoms with Gasteiger partial charge in [0.25, 0.3) is 0 Å². The Morgan fingerprint density at radius 2 is 1.95 bits per heavy atom. The van der Waals surface area contributed by atoms with E-state index in [9.17, 15) is 10.1 Å². The van der Waals surface area contributed by atoms with Gasteiger partial charge < -0.3 is 5.32 Å². The van der Waals surface area contributed by atoms with E-state index in [1.807, 2.05) is 31.2 Å². The van der Waals surface area contributed by atoms with Gasteiger partial charge in [0, 0.05) is 11.8 Å². The van der Waals surface area contributed by atoms with Gasteiger partial charge in [-0.05, 0) is 25.1 Å². The van der Waals surface area contributed by atoms with E-state index in [0.29, 0.717) is 5.82 Å². The van der Waals surface area contributed by atoms with E-state index in [1.54, 1.807) is 6.07 Å². The minimum atomic E-state index is -0.624. The Morgan fingerprint density at radius 3 is 2.53 bits per heavy atom. The molecule has 2 rings (SSSR count). The van der Waals surface area contributed by atoms with Crippen molar-refractivity contribution in [2.45, 2.75) is 6.92 Å². The van der Waals surface area contributed by atoms with E-state index in [-0.39, 0.29) is 11.4 Å². The Bertz CT molecular complexity index is 659. The van der Waals surface area contributed by atoms with Gasteiger partial charge in [0.1, 0.15) is 11.9 Å². The number of nitrogens with zero attached hydrogens (tertiary/aromatic N) is 3. The number of aryl methyl sites for hydroxylation is 1. The molecular formula is C13H10N4O2. The second kappa shape index (κ2) is 5.14. The zero-order valence-corrected chi connectivity index (χ0v) is 10.1. The maximum Gasteiger partial charge on any atom is 0.305 e. The molecule has 0 bridgehead atoms. The fourth-order valence-corrected chi connectivity index (χ4v) is 1.54. The predicted molar refractivity (Wildman–Crippen MR) is 70.1 cm³/mol. The molecule has 6 nitrogen and oxygen atoms in total. The SMILES string of the molecule is Cc1ccc(Nc2ccc([N+](=O)[O-])c(C#N)n2)cc1. The average Bonchev–Trinajstić information content (AvgIpc) is 2.41. The van der Waals surface area contributed by atoms with E-state index >= 15 is 0 Å².